The van der Waals surface area contributed by atoms with Crippen molar-refractivity contribution in [1.29, 1.82) is 0 Å². The van der Waals surface area contributed by atoms with Crippen molar-refractivity contribution >= 4 is 85.1 Å². The van der Waals surface area contributed by atoms with Gasteiger partial charge in [-0.05, 0) is 43.0 Å². The zero-order valence-electron chi connectivity index (χ0n) is 42.7. The van der Waals surface area contributed by atoms with Crippen LogP contribution >= 0.6 is 0 Å². The molecule has 75 heavy (non-hydrogen) atoms. The molecule has 0 bridgehead atoms. The van der Waals surface area contributed by atoms with Gasteiger partial charge in [0.25, 0.3) is 0 Å². The van der Waals surface area contributed by atoms with Crippen molar-refractivity contribution < 1.29 is 42.9 Å². The second kappa shape index (κ2) is 28.9. The van der Waals surface area contributed by atoms with E-state index in [0.717, 1.165) is 47.1 Å². The SMILES string of the molecule is C#CCCC(=O)NCCOCCOCCC(=O)N[C@H](C(=O)N[C@@H](C)C(=O)Nc1ccc(COC(=O)Nc2ccc(Cn3c(CCCC)nc4c(N)nc5ccccc5c43)cc2)c(COCc2cn([Se])nn2)c1)C(C)C. The number of carbonyl (C=O) groups is 5. The number of unbranched alkanes of at least 4 members (excludes halogenated alkanes) is 1. The normalized spacial score (nSPS) is 12.0. The van der Waals surface area contributed by atoms with Crippen molar-refractivity contribution in [2.45, 2.75) is 105 Å². The topological polar surface area (TPSA) is 270 Å². The van der Waals surface area contributed by atoms with E-state index in [1.807, 2.05) is 48.5 Å². The first kappa shape index (κ1) is 56.9. The Labute approximate surface area is 444 Å². The number of para-hydroxylation sites is 1. The molecule has 3 heterocycles. The van der Waals surface area contributed by atoms with E-state index < -0.39 is 35.9 Å². The Morgan fingerprint density at radius 1 is 0.813 bits per heavy atom. The molecular formula is C53H65N12O9Se. The monoisotopic (exact) mass is 1090 g/mol. The van der Waals surface area contributed by atoms with Crippen molar-refractivity contribution in [2.24, 2.45) is 5.92 Å². The molecule has 3 aromatic heterocycles. The summed E-state index contributed by atoms with van der Waals surface area (Å²) in [6.45, 7) is 9.11. The molecule has 0 aliphatic carbocycles. The van der Waals surface area contributed by atoms with Crippen LogP contribution < -0.4 is 32.3 Å². The van der Waals surface area contributed by atoms with Gasteiger partial charge in [0.05, 0.1) is 37.5 Å². The van der Waals surface area contributed by atoms with Crippen LogP contribution in [0, 0.1) is 18.3 Å². The molecule has 5 amide bonds. The van der Waals surface area contributed by atoms with Gasteiger partial charge in [-0.2, -0.15) is 0 Å². The molecule has 0 aliphatic heterocycles. The molecule has 0 unspecified atom stereocenters. The van der Waals surface area contributed by atoms with E-state index in [9.17, 15) is 24.0 Å². The molecule has 22 heteroatoms. The first-order chi connectivity index (χ1) is 36.2. The van der Waals surface area contributed by atoms with Crippen molar-refractivity contribution in [2.75, 3.05) is 49.3 Å². The first-order valence-electron chi connectivity index (χ1n) is 24.8. The number of nitrogen functional groups attached to an aromatic ring is 1. The van der Waals surface area contributed by atoms with Crippen LogP contribution in [0.25, 0.3) is 21.9 Å². The summed E-state index contributed by atoms with van der Waals surface area (Å²) < 4.78 is 26.2. The van der Waals surface area contributed by atoms with Gasteiger partial charge in [0.2, 0.25) is 17.7 Å². The summed E-state index contributed by atoms with van der Waals surface area (Å²) in [5.74, 6) is 1.86. The Morgan fingerprint density at radius 3 is 2.31 bits per heavy atom. The van der Waals surface area contributed by atoms with Crippen LogP contribution in [0.2, 0.25) is 0 Å². The van der Waals surface area contributed by atoms with E-state index in [4.69, 9.17) is 36.1 Å². The fraction of sp³-hybridized carbons (Fsp3) is 0.415. The van der Waals surface area contributed by atoms with E-state index in [2.05, 4.69) is 75.5 Å². The fourth-order valence-corrected chi connectivity index (χ4v) is 8.12. The van der Waals surface area contributed by atoms with Crippen LogP contribution in [0.15, 0.2) is 72.9 Å². The number of imidazole rings is 1. The number of anilines is 3. The van der Waals surface area contributed by atoms with Gasteiger partial charge in [0.15, 0.2) is 5.82 Å². The summed E-state index contributed by atoms with van der Waals surface area (Å²) in [6, 6.07) is 18.6. The molecular weight excluding hydrogens is 1030 g/mol. The maximum Gasteiger partial charge on any atom is -0.0176 e. The maximum atomic E-state index is 13.5. The average molecular weight is 1090 g/mol. The van der Waals surface area contributed by atoms with Gasteiger partial charge in [-0.15, -0.1) is 12.3 Å². The third-order valence-corrected chi connectivity index (χ3v) is 12.1. The first-order valence-corrected chi connectivity index (χ1v) is 25.6. The number of ether oxygens (including phenoxy) is 4. The number of nitrogens with zero attached hydrogens (tertiary/aromatic N) is 6. The number of hydrogen-bond donors (Lipinski definition) is 6. The van der Waals surface area contributed by atoms with Crippen LogP contribution in [-0.2, 0) is 70.9 Å². The van der Waals surface area contributed by atoms with Crippen LogP contribution in [-0.4, -0.2) is 120 Å². The zero-order valence-corrected chi connectivity index (χ0v) is 44.4. The third kappa shape index (κ3) is 17.3. The second-order valence-electron chi connectivity index (χ2n) is 18.0. The molecule has 397 valence electrons. The second-order valence-corrected chi connectivity index (χ2v) is 18.7. The van der Waals surface area contributed by atoms with Gasteiger partial charge in [0, 0.05) is 49.8 Å². The predicted octanol–water partition coefficient (Wildman–Crippen LogP) is 5.08. The number of aryl methyl sites for hydroxylation is 1. The number of nitrogens with two attached hydrogens (primary N) is 1. The maximum absolute atomic E-state index is 13.5. The minimum absolute atomic E-state index is 0.000732. The Kier molecular flexibility index (Phi) is 21.9. The molecule has 3 aromatic carbocycles. The molecule has 7 N–H and O–H groups in total. The fourth-order valence-electron chi connectivity index (χ4n) is 7.79. The molecule has 0 saturated heterocycles. The van der Waals surface area contributed by atoms with E-state index in [1.54, 1.807) is 38.2 Å². The summed E-state index contributed by atoms with van der Waals surface area (Å²) in [6.07, 6.45) is 9.58. The smallest absolute Gasteiger partial charge is 0.0176 e. The predicted molar refractivity (Wildman–Crippen MR) is 284 cm³/mol. The van der Waals surface area contributed by atoms with Gasteiger partial charge in [-0.3, -0.25) is 14.4 Å². The Hall–Kier alpha value is -7.41. The number of amides is 5. The molecule has 21 nitrogen and oxygen atoms in total. The van der Waals surface area contributed by atoms with E-state index in [-0.39, 0.29) is 64.3 Å². The molecule has 0 aliphatic rings. The number of nitrogens with one attached hydrogen (secondary N) is 5. The number of terminal acetylenes is 1. The molecule has 6 aromatic rings. The number of carbonyl (C=O) groups excluding carboxylic acids is 5. The quantitative estimate of drug-likeness (QED) is 0.0203. The van der Waals surface area contributed by atoms with Crippen molar-refractivity contribution in [3.8, 4) is 12.3 Å². The average Bonchev–Trinajstić information content (AvgIpc) is 3.98. The zero-order chi connectivity index (χ0) is 53.7. The molecule has 6 rings (SSSR count). The number of pyridine rings is 1. The number of hydrogen-bond acceptors (Lipinski definition) is 14. The number of benzene rings is 3. The van der Waals surface area contributed by atoms with Crippen LogP contribution in [0.4, 0.5) is 22.0 Å². The van der Waals surface area contributed by atoms with Gasteiger partial charge in [-0.25, -0.2) is 9.97 Å². The largest absolute Gasteiger partial charge is 0.0603 e. The minimum atomic E-state index is -0.990. The van der Waals surface area contributed by atoms with Gasteiger partial charge >= 0.3 is 145 Å². The standard InChI is InChI=1S/C53H65N12O9Se/c1-6-8-14-44-60-48-49(42-12-10-11-13-43(42)59-50(48)54)64(44)29-36-16-19-39(20-17-36)58-53(70)74-32-37-18-21-40(28-38(37)31-73-33-41-30-65(75)63-62-41)57-51(68)35(5)56-52(69)47(34(3)4)61-46(67)22-24-71-26-27-72-25-23-55-45(66)15-9-7-2/h2,10-13,16-21,28,30,34-35,47H,6,8-9,14-15,22-27,29,31-33H2,1,3-5H3,(H2,54,59)(H,55,66)(H,56,69)(H,57,68)(H,58,70)(H,61,67)/t35-,47-/m0/s1. The molecule has 1 radical (unpaired) electrons. The number of rotatable bonds is 29. The number of fused-ring (bicyclic) bond motifs is 3. The van der Waals surface area contributed by atoms with Gasteiger partial charge < -0.3 is 35.7 Å². The molecule has 0 saturated carbocycles. The Balaban J connectivity index is 1.01. The Morgan fingerprint density at radius 2 is 1.57 bits per heavy atom. The summed E-state index contributed by atoms with van der Waals surface area (Å²) in [7, 11) is 0. The molecule has 0 fully saturated rings. The summed E-state index contributed by atoms with van der Waals surface area (Å²) >= 11 is 2.72. The Bertz CT molecular complexity index is 2940. The van der Waals surface area contributed by atoms with E-state index in [0.29, 0.717) is 65.6 Å². The van der Waals surface area contributed by atoms with Crippen LogP contribution in [0.3, 0.4) is 0 Å². The summed E-state index contributed by atoms with van der Waals surface area (Å²) in [5.41, 5.74) is 12.6. The third-order valence-electron chi connectivity index (χ3n) is 11.8. The van der Waals surface area contributed by atoms with E-state index in [1.165, 1.54) is 10.6 Å². The minimum Gasteiger partial charge on any atom is -0.0603 e. The summed E-state index contributed by atoms with van der Waals surface area (Å²) in [5, 5.41) is 22.7. The van der Waals surface area contributed by atoms with Gasteiger partial charge in [0.1, 0.15) is 17.4 Å². The van der Waals surface area contributed by atoms with Crippen molar-refractivity contribution in [1.82, 2.24) is 44.5 Å². The summed E-state index contributed by atoms with van der Waals surface area (Å²) in [4.78, 5) is 74.0. The number of aromatic nitrogens is 6. The van der Waals surface area contributed by atoms with Crippen molar-refractivity contribution in [3.63, 3.8) is 0 Å². The molecule has 2 atom stereocenters. The van der Waals surface area contributed by atoms with Crippen molar-refractivity contribution in [3.05, 3.63) is 101 Å². The van der Waals surface area contributed by atoms with E-state index >= 15 is 0 Å². The van der Waals surface area contributed by atoms with Crippen LogP contribution in [0.1, 0.15) is 88.0 Å². The molecule has 0 spiro atoms. The van der Waals surface area contributed by atoms with Gasteiger partial charge in [-0.1, -0.05) is 57.5 Å². The van der Waals surface area contributed by atoms with Crippen LogP contribution in [0.5, 0.6) is 0 Å².